The number of nitrogens with one attached hydrogen (secondary N) is 3. The van der Waals surface area contributed by atoms with E-state index in [4.69, 9.17) is 31.7 Å². The fourth-order valence-corrected chi connectivity index (χ4v) is 7.03. The molecule has 4 aromatic heterocycles. The number of nitrogens with zero attached hydrogens (tertiary/aromatic N) is 9. The first-order valence-electron chi connectivity index (χ1n) is 20.9. The number of carboxylic acid groups (broad SMARTS) is 1. The van der Waals surface area contributed by atoms with Crippen LogP contribution >= 0.6 is 0 Å². The maximum atomic E-state index is 13.7. The average molecular weight is 918 g/mol. The van der Waals surface area contributed by atoms with Crippen LogP contribution in [0, 0.1) is 6.92 Å². The molecule has 23 heteroatoms. The van der Waals surface area contributed by atoms with Crippen LogP contribution in [0.5, 0.6) is 11.5 Å². The number of aliphatic imine (C=N–C) groups is 1. The quantitative estimate of drug-likeness (QED) is 0.0402. The van der Waals surface area contributed by atoms with Crippen molar-refractivity contribution in [2.24, 2.45) is 22.2 Å². The van der Waals surface area contributed by atoms with Crippen LogP contribution in [0.3, 0.4) is 0 Å². The highest BCUT2D eigenvalue weighted by Gasteiger charge is 2.23. The molecule has 0 aliphatic carbocycles. The number of allylic oxidation sites excluding steroid dienone is 4. The summed E-state index contributed by atoms with van der Waals surface area (Å²) in [5.74, 6) is -3.02. The van der Waals surface area contributed by atoms with E-state index in [1.54, 1.807) is 78.2 Å². The minimum Gasteiger partial charge on any atom is -0.494 e. The van der Waals surface area contributed by atoms with E-state index in [9.17, 15) is 29.1 Å². The Morgan fingerprint density at radius 1 is 0.821 bits per heavy atom. The number of benzene rings is 2. The van der Waals surface area contributed by atoms with Crippen LogP contribution in [0.15, 0.2) is 77.6 Å². The van der Waals surface area contributed by atoms with Crippen molar-refractivity contribution in [3.8, 4) is 11.5 Å². The molecular formula is C44H51N15O8. The summed E-state index contributed by atoms with van der Waals surface area (Å²) in [4.78, 5) is 77.5. The second-order valence-corrected chi connectivity index (χ2v) is 14.8. The number of rotatable bonds is 21. The number of hydrogen-bond acceptors (Lipinski definition) is 14. The topological polar surface area (TPSA) is 322 Å². The molecular weight excluding hydrogens is 867 g/mol. The molecule has 23 nitrogen and oxygen atoms in total. The van der Waals surface area contributed by atoms with Crippen LogP contribution in [0.25, 0.3) is 22.1 Å². The molecule has 2 aromatic carbocycles. The number of imidazole rings is 2. The number of aromatic carboxylic acids is 1. The van der Waals surface area contributed by atoms with Crippen LogP contribution in [0.4, 0.5) is 17.6 Å². The summed E-state index contributed by atoms with van der Waals surface area (Å²) in [5.41, 5.74) is 20.6. The molecule has 6 rings (SSSR count). The maximum Gasteiger partial charge on any atom is 0.358 e. The third-order valence-electron chi connectivity index (χ3n) is 9.98. The highest BCUT2D eigenvalue weighted by Crippen LogP contribution is 2.33. The number of methoxy groups -OCH3 is 1. The predicted octanol–water partition coefficient (Wildman–Crippen LogP) is 3.46. The average Bonchev–Trinajstić information content (AvgIpc) is 4.06. The zero-order valence-electron chi connectivity index (χ0n) is 37.7. The lowest BCUT2D eigenvalue weighted by Crippen LogP contribution is -2.24. The standard InChI is InChI=1S/C44H51N15O8/c1-7-49-30(17-24(3)45)40(62)52-43-51-29-20-27(39(47)61)22-34(67-16-12-11-13-56-23-31(48-5)35(55-56)42(64)65)37(29)58(43)15-10-9-14-57-36-28(19-26(38(46)60)21-33(36)66-6)50-44(57)53-41(63)32-18-25(4)54-59(32)8-2/h9-12,17-23,48H,7-8,13-16,45H2,1-6H3,(H2,46,60)(H2,47,61)(H,64,65)(H,50,53,63)(H,51,52,62)/b10-9+,12-11+,24-17-,49-30?. The van der Waals surface area contributed by atoms with Crippen molar-refractivity contribution >= 4 is 75.0 Å². The molecule has 67 heavy (non-hydrogen) atoms. The first-order chi connectivity index (χ1) is 32.1. The third kappa shape index (κ3) is 10.8. The van der Waals surface area contributed by atoms with Crippen LogP contribution in [0.2, 0.25) is 0 Å². The van der Waals surface area contributed by atoms with Crippen LogP contribution < -0.4 is 42.6 Å². The highest BCUT2D eigenvalue weighted by molar-refractivity contribution is 6.47. The zero-order chi connectivity index (χ0) is 48.5. The van der Waals surface area contributed by atoms with E-state index in [1.807, 2.05) is 6.92 Å². The Labute approximate surface area is 383 Å². The molecule has 0 saturated heterocycles. The van der Waals surface area contributed by atoms with E-state index >= 15 is 0 Å². The summed E-state index contributed by atoms with van der Waals surface area (Å²) < 4.78 is 18.3. The number of fused-ring (bicyclic) bond motifs is 2. The third-order valence-corrected chi connectivity index (χ3v) is 9.98. The number of hydrogen-bond donors (Lipinski definition) is 7. The molecule has 0 fully saturated rings. The Morgan fingerprint density at radius 2 is 1.42 bits per heavy atom. The van der Waals surface area contributed by atoms with Crippen LogP contribution in [0.1, 0.15) is 68.2 Å². The molecule has 0 spiro atoms. The van der Waals surface area contributed by atoms with E-state index in [0.717, 1.165) is 0 Å². The lowest BCUT2D eigenvalue weighted by Gasteiger charge is -2.13. The van der Waals surface area contributed by atoms with Gasteiger partial charge in [0.1, 0.15) is 40.5 Å². The summed E-state index contributed by atoms with van der Waals surface area (Å²) in [6.07, 6.45) is 9.97. The Balaban J connectivity index is 1.39. The first kappa shape index (κ1) is 47.7. The fourth-order valence-electron chi connectivity index (χ4n) is 7.03. The van der Waals surface area contributed by atoms with Crippen molar-refractivity contribution in [2.75, 3.05) is 43.3 Å². The van der Waals surface area contributed by atoms with Crippen molar-refractivity contribution < 1.29 is 38.6 Å². The molecule has 0 atom stereocenters. The summed E-state index contributed by atoms with van der Waals surface area (Å²) >= 11 is 0. The van der Waals surface area contributed by atoms with Crippen molar-refractivity contribution in [3.63, 3.8) is 0 Å². The minimum atomic E-state index is -1.17. The Kier molecular flexibility index (Phi) is 14.8. The van der Waals surface area contributed by atoms with Gasteiger partial charge in [-0.1, -0.05) is 18.2 Å². The number of amides is 4. The molecule has 0 radical (unpaired) electrons. The fraction of sp³-hybridized carbons (Fsp3) is 0.273. The largest absolute Gasteiger partial charge is 0.494 e. The molecule has 0 bridgehead atoms. The van der Waals surface area contributed by atoms with E-state index < -0.39 is 29.6 Å². The van der Waals surface area contributed by atoms with E-state index in [1.165, 1.54) is 42.1 Å². The summed E-state index contributed by atoms with van der Waals surface area (Å²) in [7, 11) is 3.03. The highest BCUT2D eigenvalue weighted by atomic mass is 16.5. The van der Waals surface area contributed by atoms with Gasteiger partial charge < -0.3 is 46.2 Å². The van der Waals surface area contributed by atoms with E-state index in [0.29, 0.717) is 52.4 Å². The number of carbonyl (C=O) groups is 5. The number of carboxylic acids is 1. The van der Waals surface area contributed by atoms with Crippen LogP contribution in [-0.2, 0) is 31.0 Å². The first-order valence-corrected chi connectivity index (χ1v) is 20.9. The van der Waals surface area contributed by atoms with Crippen molar-refractivity contribution in [1.29, 1.82) is 0 Å². The second kappa shape index (κ2) is 20.8. The van der Waals surface area contributed by atoms with Gasteiger partial charge in [-0.2, -0.15) is 10.2 Å². The number of aryl methyl sites for hydroxylation is 2. The Morgan fingerprint density at radius 3 is 1.96 bits per heavy atom. The SMILES string of the molecule is CCN=C(/C=C(/C)N)C(=O)Nc1nc2cc(C(N)=O)cc(OC/C=C/Cn3cc(NC)c(C(=O)O)n3)c2n1C/C=C/Cn1c(NC(=O)c2cc(C)nn2CC)nc2cc(C(N)=O)cc(OC)c21. The summed E-state index contributed by atoms with van der Waals surface area (Å²) in [6, 6.07) is 7.59. The summed E-state index contributed by atoms with van der Waals surface area (Å²) in [5, 5.41) is 26.5. The van der Waals surface area contributed by atoms with Gasteiger partial charge >= 0.3 is 5.97 Å². The van der Waals surface area contributed by atoms with E-state index in [-0.39, 0.29) is 77.7 Å². The van der Waals surface area contributed by atoms with Crippen molar-refractivity contribution in [1.82, 2.24) is 38.7 Å². The number of aromatic nitrogens is 8. The van der Waals surface area contributed by atoms with Gasteiger partial charge in [-0.05, 0) is 70.2 Å². The van der Waals surface area contributed by atoms with Crippen molar-refractivity contribution in [2.45, 2.75) is 53.9 Å². The second-order valence-electron chi connectivity index (χ2n) is 14.8. The molecule has 0 saturated carbocycles. The Hall–Kier alpha value is -8.76. The van der Waals surface area contributed by atoms with Gasteiger partial charge in [-0.25, -0.2) is 14.8 Å². The molecule has 0 aliphatic heterocycles. The lowest BCUT2D eigenvalue weighted by molar-refractivity contribution is -0.110. The number of ether oxygens (including phenoxy) is 2. The number of anilines is 3. The maximum absolute atomic E-state index is 13.7. The molecule has 10 N–H and O–H groups in total. The number of carbonyl (C=O) groups excluding carboxylic acids is 4. The normalized spacial score (nSPS) is 12.1. The van der Waals surface area contributed by atoms with Gasteiger partial charge in [-0.15, -0.1) is 0 Å². The zero-order valence-corrected chi connectivity index (χ0v) is 37.7. The Bertz CT molecular complexity index is 3020. The number of primary amides is 2. The predicted molar refractivity (Wildman–Crippen MR) is 251 cm³/mol. The van der Waals surface area contributed by atoms with Gasteiger partial charge in [0.05, 0.1) is 36.1 Å². The van der Waals surface area contributed by atoms with Crippen LogP contribution in [-0.4, -0.2) is 106 Å². The van der Waals surface area contributed by atoms with E-state index in [2.05, 4.69) is 36.1 Å². The number of nitrogens with two attached hydrogens (primary N) is 3. The molecule has 0 unspecified atom stereocenters. The minimum absolute atomic E-state index is 0.0139. The van der Waals surface area contributed by atoms with Gasteiger partial charge in [0.25, 0.3) is 11.8 Å². The molecule has 350 valence electrons. The lowest BCUT2D eigenvalue weighted by atomic mass is 10.1. The molecule has 0 aliphatic rings. The molecule has 4 amide bonds. The smallest absolute Gasteiger partial charge is 0.358 e. The molecule has 4 heterocycles. The van der Waals surface area contributed by atoms with Gasteiger partial charge in [0, 0.05) is 56.2 Å². The van der Waals surface area contributed by atoms with Gasteiger partial charge in [-0.3, -0.25) is 44.2 Å². The van der Waals surface area contributed by atoms with Gasteiger partial charge in [0.15, 0.2) is 5.69 Å². The summed E-state index contributed by atoms with van der Waals surface area (Å²) in [6.45, 7) is 8.15. The van der Waals surface area contributed by atoms with Gasteiger partial charge in [0.2, 0.25) is 23.7 Å². The molecule has 6 aromatic rings. The van der Waals surface area contributed by atoms with Crippen molar-refractivity contribution in [3.05, 3.63) is 101 Å². The monoisotopic (exact) mass is 917 g/mol.